The minimum absolute atomic E-state index is 0.0598. The fourth-order valence-corrected chi connectivity index (χ4v) is 2.37. The van der Waals surface area contributed by atoms with Gasteiger partial charge < -0.3 is 4.84 Å². The molecule has 0 aliphatic heterocycles. The molecule has 0 spiro atoms. The zero-order valence-electron chi connectivity index (χ0n) is 7.59. The maximum atomic E-state index is 13.1. The molecule has 1 aromatic rings. The van der Waals surface area contributed by atoms with Crippen molar-refractivity contribution in [1.29, 1.82) is 0 Å². The molecule has 4 heteroatoms. The van der Waals surface area contributed by atoms with Crippen LogP contribution in [0.2, 0.25) is 0 Å². The summed E-state index contributed by atoms with van der Waals surface area (Å²) < 4.78 is 14.0. The predicted octanol–water partition coefficient (Wildman–Crippen LogP) is 2.51. The zero-order chi connectivity index (χ0) is 10.2. The molecule has 2 N–H and O–H groups in total. The van der Waals surface area contributed by atoms with Gasteiger partial charge in [-0.2, -0.15) is 0 Å². The molecule has 2 rings (SSSR count). The van der Waals surface area contributed by atoms with Gasteiger partial charge in [-0.05, 0) is 36.6 Å². The van der Waals surface area contributed by atoms with E-state index in [9.17, 15) is 4.39 Å². The molecule has 0 unspecified atom stereocenters. The monoisotopic (exact) mass is 259 g/mol. The molecule has 1 aliphatic rings. The summed E-state index contributed by atoms with van der Waals surface area (Å²) in [5, 5.41) is 0. The Labute approximate surface area is 90.3 Å². The number of nitrogens with two attached hydrogens (primary N) is 1. The minimum atomic E-state index is -0.216. The van der Waals surface area contributed by atoms with Crippen LogP contribution in [-0.4, -0.2) is 6.61 Å². The van der Waals surface area contributed by atoms with Gasteiger partial charge in [-0.15, -0.1) is 0 Å². The first kappa shape index (κ1) is 10.1. The van der Waals surface area contributed by atoms with E-state index in [1.54, 1.807) is 12.1 Å². The number of halogens is 2. The highest BCUT2D eigenvalue weighted by Crippen LogP contribution is 2.50. The Morgan fingerprint density at radius 2 is 2.21 bits per heavy atom. The lowest BCUT2D eigenvalue weighted by Crippen LogP contribution is -2.18. The van der Waals surface area contributed by atoms with Crippen LogP contribution < -0.4 is 5.90 Å². The maximum absolute atomic E-state index is 13.1. The molecular weight excluding hydrogens is 249 g/mol. The lowest BCUT2D eigenvalue weighted by atomic mass is 9.97. The second-order valence-corrected chi connectivity index (χ2v) is 4.57. The van der Waals surface area contributed by atoms with E-state index in [0.29, 0.717) is 6.61 Å². The third-order valence-electron chi connectivity index (χ3n) is 2.71. The molecule has 0 aromatic heterocycles. The molecule has 1 aliphatic carbocycles. The Balaban J connectivity index is 2.35. The van der Waals surface area contributed by atoms with Crippen LogP contribution in [0.4, 0.5) is 4.39 Å². The molecular formula is C10H11BrFNO. The number of rotatable bonds is 3. The largest absolute Gasteiger partial charge is 0.304 e. The van der Waals surface area contributed by atoms with E-state index in [0.717, 1.165) is 22.9 Å². The number of hydrogen-bond donors (Lipinski definition) is 1. The Kier molecular flexibility index (Phi) is 2.60. The van der Waals surface area contributed by atoms with Crippen LogP contribution in [0, 0.1) is 5.82 Å². The lowest BCUT2D eigenvalue weighted by Gasteiger charge is -2.15. The summed E-state index contributed by atoms with van der Waals surface area (Å²) in [5.74, 6) is 4.85. The zero-order valence-corrected chi connectivity index (χ0v) is 9.18. The van der Waals surface area contributed by atoms with Crippen molar-refractivity contribution in [1.82, 2.24) is 0 Å². The molecule has 76 valence electrons. The highest BCUT2D eigenvalue weighted by atomic mass is 79.9. The lowest BCUT2D eigenvalue weighted by molar-refractivity contribution is 0.116. The van der Waals surface area contributed by atoms with Crippen LogP contribution >= 0.6 is 15.9 Å². The van der Waals surface area contributed by atoms with Crippen molar-refractivity contribution < 1.29 is 9.23 Å². The Hall–Kier alpha value is -0.450. The minimum Gasteiger partial charge on any atom is -0.304 e. The van der Waals surface area contributed by atoms with E-state index >= 15 is 0 Å². The van der Waals surface area contributed by atoms with Gasteiger partial charge in [0.25, 0.3) is 0 Å². The SMILES string of the molecule is NOCC1(c2cc(F)ccc2Br)CC1. The quantitative estimate of drug-likeness (QED) is 0.847. The molecule has 0 saturated heterocycles. The van der Waals surface area contributed by atoms with E-state index in [1.807, 2.05) is 0 Å². The van der Waals surface area contributed by atoms with Crippen LogP contribution in [0.3, 0.4) is 0 Å². The predicted molar refractivity (Wildman–Crippen MR) is 55.2 cm³/mol. The summed E-state index contributed by atoms with van der Waals surface area (Å²) in [6.45, 7) is 0.453. The van der Waals surface area contributed by atoms with Gasteiger partial charge in [0.1, 0.15) is 5.82 Å². The molecule has 14 heavy (non-hydrogen) atoms. The highest BCUT2D eigenvalue weighted by molar-refractivity contribution is 9.10. The van der Waals surface area contributed by atoms with Crippen molar-refractivity contribution in [2.24, 2.45) is 5.90 Å². The van der Waals surface area contributed by atoms with Crippen molar-refractivity contribution in [2.75, 3.05) is 6.61 Å². The molecule has 0 amide bonds. The first-order chi connectivity index (χ1) is 6.68. The third kappa shape index (κ3) is 1.69. The molecule has 1 aromatic carbocycles. The summed E-state index contributed by atoms with van der Waals surface area (Å²) in [7, 11) is 0. The second kappa shape index (κ2) is 3.61. The third-order valence-corrected chi connectivity index (χ3v) is 3.40. The van der Waals surface area contributed by atoms with Gasteiger partial charge >= 0.3 is 0 Å². The Morgan fingerprint density at radius 3 is 2.79 bits per heavy atom. The fraction of sp³-hybridized carbons (Fsp3) is 0.400. The first-order valence-electron chi connectivity index (χ1n) is 4.45. The molecule has 0 atom stereocenters. The normalized spacial score (nSPS) is 18.2. The number of benzene rings is 1. The van der Waals surface area contributed by atoms with E-state index < -0.39 is 0 Å². The van der Waals surface area contributed by atoms with Gasteiger partial charge in [-0.1, -0.05) is 15.9 Å². The summed E-state index contributed by atoms with van der Waals surface area (Å²) in [6.07, 6.45) is 2.01. The average molecular weight is 260 g/mol. The molecule has 1 saturated carbocycles. The second-order valence-electron chi connectivity index (χ2n) is 3.72. The van der Waals surface area contributed by atoms with Crippen molar-refractivity contribution in [3.05, 3.63) is 34.1 Å². The maximum Gasteiger partial charge on any atom is 0.123 e. The van der Waals surface area contributed by atoms with Gasteiger partial charge in [0.15, 0.2) is 0 Å². The smallest absolute Gasteiger partial charge is 0.123 e. The fourth-order valence-electron chi connectivity index (χ4n) is 1.71. The molecule has 0 radical (unpaired) electrons. The Bertz CT molecular complexity index is 352. The van der Waals surface area contributed by atoms with Crippen LogP contribution in [0.1, 0.15) is 18.4 Å². The van der Waals surface area contributed by atoms with Crippen molar-refractivity contribution in [2.45, 2.75) is 18.3 Å². The standard InChI is InChI=1S/C10H11BrFNO/c11-9-2-1-7(12)5-8(9)10(3-4-10)6-14-13/h1-2,5H,3-4,6,13H2. The van der Waals surface area contributed by atoms with E-state index in [-0.39, 0.29) is 11.2 Å². The van der Waals surface area contributed by atoms with Gasteiger partial charge in [0.2, 0.25) is 0 Å². The summed E-state index contributed by atoms with van der Waals surface area (Å²) in [4.78, 5) is 4.68. The van der Waals surface area contributed by atoms with Crippen molar-refractivity contribution in [3.63, 3.8) is 0 Å². The van der Waals surface area contributed by atoms with Gasteiger partial charge in [0.05, 0.1) is 6.61 Å². The van der Waals surface area contributed by atoms with Gasteiger partial charge in [-0.3, -0.25) is 0 Å². The van der Waals surface area contributed by atoms with Gasteiger partial charge in [0, 0.05) is 9.89 Å². The van der Waals surface area contributed by atoms with Crippen LogP contribution in [0.25, 0.3) is 0 Å². The van der Waals surface area contributed by atoms with Crippen LogP contribution in [0.15, 0.2) is 22.7 Å². The summed E-state index contributed by atoms with van der Waals surface area (Å²) >= 11 is 3.41. The highest BCUT2D eigenvalue weighted by Gasteiger charge is 2.45. The average Bonchev–Trinajstić information content (AvgIpc) is 2.91. The Morgan fingerprint density at radius 1 is 1.50 bits per heavy atom. The van der Waals surface area contributed by atoms with E-state index in [1.165, 1.54) is 6.07 Å². The van der Waals surface area contributed by atoms with E-state index in [4.69, 9.17) is 5.90 Å². The van der Waals surface area contributed by atoms with Gasteiger partial charge in [-0.25, -0.2) is 10.3 Å². The molecule has 0 heterocycles. The molecule has 2 nitrogen and oxygen atoms in total. The molecule has 0 bridgehead atoms. The van der Waals surface area contributed by atoms with Crippen LogP contribution in [0.5, 0.6) is 0 Å². The topological polar surface area (TPSA) is 35.2 Å². The molecule has 1 fully saturated rings. The first-order valence-corrected chi connectivity index (χ1v) is 5.24. The summed E-state index contributed by atoms with van der Waals surface area (Å²) in [5.41, 5.74) is 0.901. The number of hydrogen-bond acceptors (Lipinski definition) is 2. The van der Waals surface area contributed by atoms with Crippen molar-refractivity contribution >= 4 is 15.9 Å². The summed E-state index contributed by atoms with van der Waals surface area (Å²) in [6, 6.07) is 4.71. The van der Waals surface area contributed by atoms with Crippen molar-refractivity contribution in [3.8, 4) is 0 Å². The van der Waals surface area contributed by atoms with Crippen LogP contribution in [-0.2, 0) is 10.3 Å². The van der Waals surface area contributed by atoms with E-state index in [2.05, 4.69) is 20.8 Å².